The summed E-state index contributed by atoms with van der Waals surface area (Å²) in [7, 11) is -3.13. The first-order valence-corrected chi connectivity index (χ1v) is 11.4. The molecule has 2 saturated heterocycles. The number of carboxylic acids is 1. The van der Waals surface area contributed by atoms with Crippen LogP contribution in [0.5, 0.6) is 0 Å². The van der Waals surface area contributed by atoms with Crippen LogP contribution in [0.25, 0.3) is 0 Å². The van der Waals surface area contributed by atoms with Crippen molar-refractivity contribution in [2.24, 2.45) is 4.99 Å². The highest BCUT2D eigenvalue weighted by atomic mass is 79.9. The fourth-order valence-corrected chi connectivity index (χ4v) is 7.20. The van der Waals surface area contributed by atoms with Crippen LogP contribution in [0.4, 0.5) is 5.69 Å². The molecule has 1 amide bonds. The third-order valence-electron chi connectivity index (χ3n) is 4.26. The van der Waals surface area contributed by atoms with Crippen LogP contribution in [0, 0.1) is 6.92 Å². The summed E-state index contributed by atoms with van der Waals surface area (Å²) in [5.41, 5.74) is 1.75. The lowest BCUT2D eigenvalue weighted by atomic mass is 10.1. The van der Waals surface area contributed by atoms with Crippen molar-refractivity contribution in [1.29, 1.82) is 0 Å². The Morgan fingerprint density at radius 3 is 2.73 bits per heavy atom. The molecule has 2 aliphatic rings. The number of carbonyl (C=O) groups excluding carboxylic acids is 1. The van der Waals surface area contributed by atoms with Crippen molar-refractivity contribution in [2.75, 3.05) is 16.4 Å². The zero-order chi connectivity index (χ0) is 19.1. The number of aliphatic carboxylic acids is 1. The lowest BCUT2D eigenvalue weighted by Gasteiger charge is -2.25. The molecule has 0 spiro atoms. The molecule has 0 saturated carbocycles. The molecule has 140 valence electrons. The molecular weight excluding hydrogens is 444 g/mol. The van der Waals surface area contributed by atoms with Crippen molar-refractivity contribution in [3.05, 3.63) is 28.2 Å². The highest BCUT2D eigenvalue weighted by Crippen LogP contribution is 2.41. The second-order valence-corrected chi connectivity index (χ2v) is 10.5. The normalized spacial score (nSPS) is 25.5. The van der Waals surface area contributed by atoms with E-state index in [0.29, 0.717) is 5.17 Å². The largest absolute Gasteiger partial charge is 0.481 e. The van der Waals surface area contributed by atoms with Crippen molar-refractivity contribution in [1.82, 2.24) is 0 Å². The fourth-order valence-electron chi connectivity index (χ4n) is 3.02. The number of fused-ring (bicyclic) bond motifs is 1. The Bertz CT molecular complexity index is 900. The number of amidine groups is 1. The lowest BCUT2D eigenvalue weighted by molar-refractivity contribution is -0.138. The number of aliphatic imine (C=N–C) groups is 1. The molecular formula is C16H17BrN2O5S2. The average Bonchev–Trinajstić information content (AvgIpc) is 2.99. The van der Waals surface area contributed by atoms with Crippen molar-refractivity contribution < 1.29 is 23.1 Å². The minimum absolute atomic E-state index is 0.0160. The maximum atomic E-state index is 12.0. The summed E-state index contributed by atoms with van der Waals surface area (Å²) in [5.74, 6) is -1.50. The standard InChI is InChI=1S/C16H17BrN2O5S2/c1-9-6-10(2-3-11(9)17)19-12-7-26(23,24)8-13(12)25-16(19)18-14(20)4-5-15(21)22/h2-3,6,12-13H,4-5,7-8H2,1H3,(H,21,22)/t12-,13+/m1/s1. The zero-order valence-electron chi connectivity index (χ0n) is 13.9. The van der Waals surface area contributed by atoms with E-state index < -0.39 is 21.7 Å². The molecule has 3 rings (SSSR count). The molecule has 1 aromatic rings. The van der Waals surface area contributed by atoms with Crippen molar-refractivity contribution >= 4 is 60.3 Å². The minimum atomic E-state index is -3.13. The number of thioether (sulfide) groups is 1. The molecule has 2 atom stereocenters. The SMILES string of the molecule is Cc1cc(N2C(=NC(=O)CCC(=O)O)S[C@H]3CS(=O)(=O)C[C@H]32)ccc1Br. The number of hydrogen-bond donors (Lipinski definition) is 1. The average molecular weight is 461 g/mol. The highest BCUT2D eigenvalue weighted by Gasteiger charge is 2.49. The summed E-state index contributed by atoms with van der Waals surface area (Å²) >= 11 is 4.72. The molecule has 0 aliphatic carbocycles. The van der Waals surface area contributed by atoms with Crippen molar-refractivity contribution in [2.45, 2.75) is 31.1 Å². The minimum Gasteiger partial charge on any atom is -0.481 e. The Morgan fingerprint density at radius 2 is 2.08 bits per heavy atom. The molecule has 2 aliphatic heterocycles. The number of hydrogen-bond acceptors (Lipinski definition) is 5. The van der Waals surface area contributed by atoms with Gasteiger partial charge < -0.3 is 10.0 Å². The topological polar surface area (TPSA) is 104 Å². The summed E-state index contributed by atoms with van der Waals surface area (Å²) in [4.78, 5) is 28.6. The Morgan fingerprint density at radius 1 is 1.35 bits per heavy atom. The maximum absolute atomic E-state index is 12.0. The summed E-state index contributed by atoms with van der Waals surface area (Å²) in [6.45, 7) is 1.93. The van der Waals surface area contributed by atoms with Crippen molar-refractivity contribution in [3.8, 4) is 0 Å². The molecule has 0 bridgehead atoms. The van der Waals surface area contributed by atoms with E-state index in [9.17, 15) is 18.0 Å². The quantitative estimate of drug-likeness (QED) is 0.733. The van der Waals surface area contributed by atoms with Gasteiger partial charge in [-0.3, -0.25) is 9.59 Å². The second-order valence-electron chi connectivity index (χ2n) is 6.29. The second kappa shape index (κ2) is 7.32. The molecule has 10 heteroatoms. The van der Waals surface area contributed by atoms with E-state index in [1.807, 2.05) is 25.1 Å². The van der Waals surface area contributed by atoms with Crippen LogP contribution >= 0.6 is 27.7 Å². The lowest BCUT2D eigenvalue weighted by Crippen LogP contribution is -2.37. The first kappa shape index (κ1) is 19.4. The summed E-state index contributed by atoms with van der Waals surface area (Å²) in [6.07, 6.45) is -0.459. The number of benzene rings is 1. The molecule has 26 heavy (non-hydrogen) atoms. The van der Waals surface area contributed by atoms with E-state index in [4.69, 9.17) is 5.11 Å². The predicted octanol–water partition coefficient (Wildman–Crippen LogP) is 2.22. The number of amides is 1. The molecule has 2 fully saturated rings. The highest BCUT2D eigenvalue weighted by molar-refractivity contribution is 9.10. The van der Waals surface area contributed by atoms with E-state index in [1.165, 1.54) is 11.8 Å². The number of nitrogens with zero attached hydrogens (tertiary/aromatic N) is 2. The number of rotatable bonds is 4. The third-order valence-corrected chi connectivity index (χ3v) is 8.36. The van der Waals surface area contributed by atoms with Crippen LogP contribution in [-0.2, 0) is 19.4 Å². The van der Waals surface area contributed by atoms with Gasteiger partial charge in [0.25, 0.3) is 0 Å². The molecule has 2 heterocycles. The molecule has 0 aromatic heterocycles. The van der Waals surface area contributed by atoms with Crippen LogP contribution in [-0.4, -0.2) is 53.4 Å². The molecule has 1 N–H and O–H groups in total. The Hall–Kier alpha value is -1.39. The van der Waals surface area contributed by atoms with Crippen LogP contribution in [0.15, 0.2) is 27.7 Å². The van der Waals surface area contributed by atoms with Gasteiger partial charge in [-0.2, -0.15) is 4.99 Å². The molecule has 0 radical (unpaired) electrons. The van der Waals surface area contributed by atoms with E-state index in [2.05, 4.69) is 20.9 Å². The van der Waals surface area contributed by atoms with Crippen LogP contribution in [0.3, 0.4) is 0 Å². The van der Waals surface area contributed by atoms with Gasteiger partial charge in [-0.15, -0.1) is 0 Å². The summed E-state index contributed by atoms with van der Waals surface area (Å²) in [6, 6.07) is 5.35. The maximum Gasteiger partial charge on any atom is 0.303 e. The van der Waals surface area contributed by atoms with Gasteiger partial charge in [-0.1, -0.05) is 27.7 Å². The van der Waals surface area contributed by atoms with E-state index in [-0.39, 0.29) is 35.6 Å². The van der Waals surface area contributed by atoms with Gasteiger partial charge in [0, 0.05) is 21.8 Å². The number of halogens is 1. The number of anilines is 1. The van der Waals surface area contributed by atoms with E-state index in [1.54, 1.807) is 4.90 Å². The first-order valence-electron chi connectivity index (χ1n) is 7.92. The van der Waals surface area contributed by atoms with Gasteiger partial charge in [0.05, 0.1) is 24.0 Å². The van der Waals surface area contributed by atoms with Crippen molar-refractivity contribution in [3.63, 3.8) is 0 Å². The van der Waals surface area contributed by atoms with Gasteiger partial charge >= 0.3 is 5.97 Å². The Kier molecular flexibility index (Phi) is 5.45. The Balaban J connectivity index is 1.94. The van der Waals surface area contributed by atoms with Gasteiger partial charge in [-0.05, 0) is 30.7 Å². The smallest absolute Gasteiger partial charge is 0.303 e. The molecule has 7 nitrogen and oxygen atoms in total. The van der Waals surface area contributed by atoms with Crippen LogP contribution < -0.4 is 4.90 Å². The van der Waals surface area contributed by atoms with Gasteiger partial charge in [0.1, 0.15) is 0 Å². The number of carboxylic acid groups (broad SMARTS) is 1. The summed E-state index contributed by atoms with van der Waals surface area (Å²) in [5, 5.41) is 8.96. The molecule has 0 unspecified atom stereocenters. The predicted molar refractivity (Wildman–Crippen MR) is 104 cm³/mol. The van der Waals surface area contributed by atoms with E-state index >= 15 is 0 Å². The number of carbonyl (C=O) groups is 2. The zero-order valence-corrected chi connectivity index (χ0v) is 17.1. The van der Waals surface area contributed by atoms with E-state index in [0.717, 1.165) is 15.7 Å². The number of sulfone groups is 1. The van der Waals surface area contributed by atoms with Gasteiger partial charge in [0.15, 0.2) is 15.0 Å². The monoisotopic (exact) mass is 460 g/mol. The van der Waals surface area contributed by atoms with Gasteiger partial charge in [0.2, 0.25) is 5.91 Å². The first-order chi connectivity index (χ1) is 12.2. The van der Waals surface area contributed by atoms with Crippen LogP contribution in [0.1, 0.15) is 18.4 Å². The number of aryl methyl sites for hydroxylation is 1. The van der Waals surface area contributed by atoms with Gasteiger partial charge in [-0.25, -0.2) is 8.42 Å². The summed E-state index contributed by atoms with van der Waals surface area (Å²) < 4.78 is 25.0. The fraction of sp³-hybridized carbons (Fsp3) is 0.438. The Labute approximate surface area is 163 Å². The third kappa shape index (κ3) is 4.12. The van der Waals surface area contributed by atoms with Crippen LogP contribution in [0.2, 0.25) is 0 Å². The molecule has 1 aromatic carbocycles.